The summed E-state index contributed by atoms with van der Waals surface area (Å²) in [6.07, 6.45) is 2.43. The second-order valence-corrected chi connectivity index (χ2v) is 3.93. The molecule has 0 bridgehead atoms. The summed E-state index contributed by atoms with van der Waals surface area (Å²) in [7, 11) is 0. The number of carbonyl (C=O) groups is 1. The number of aromatic nitrogens is 1. The van der Waals surface area contributed by atoms with Gasteiger partial charge in [-0.2, -0.15) is 0 Å². The van der Waals surface area contributed by atoms with E-state index < -0.39 is 0 Å². The van der Waals surface area contributed by atoms with Gasteiger partial charge >= 0.3 is 0 Å². The smallest absolute Gasteiger partial charge is 0.169 e. The summed E-state index contributed by atoms with van der Waals surface area (Å²) >= 11 is 0. The SMILES string of the molecule is Cc1cc(C)cc(-c2cccnc2C=O)c1. The van der Waals surface area contributed by atoms with Crippen LogP contribution in [-0.2, 0) is 0 Å². The molecule has 0 saturated heterocycles. The maximum absolute atomic E-state index is 10.9. The molecule has 16 heavy (non-hydrogen) atoms. The fourth-order valence-corrected chi connectivity index (χ4v) is 1.89. The first-order valence-electron chi connectivity index (χ1n) is 5.19. The van der Waals surface area contributed by atoms with E-state index >= 15 is 0 Å². The van der Waals surface area contributed by atoms with Gasteiger partial charge in [0.2, 0.25) is 0 Å². The Labute approximate surface area is 95.0 Å². The highest BCUT2D eigenvalue weighted by Crippen LogP contribution is 2.23. The Balaban J connectivity index is 2.62. The quantitative estimate of drug-likeness (QED) is 0.714. The number of hydrogen-bond acceptors (Lipinski definition) is 2. The number of aldehydes is 1. The van der Waals surface area contributed by atoms with Crippen LogP contribution in [0.25, 0.3) is 11.1 Å². The van der Waals surface area contributed by atoms with Crippen LogP contribution >= 0.6 is 0 Å². The van der Waals surface area contributed by atoms with Crippen LogP contribution < -0.4 is 0 Å². The van der Waals surface area contributed by atoms with E-state index in [0.717, 1.165) is 17.4 Å². The van der Waals surface area contributed by atoms with Crippen LogP contribution in [0.3, 0.4) is 0 Å². The maximum Gasteiger partial charge on any atom is 0.169 e. The molecule has 0 radical (unpaired) electrons. The summed E-state index contributed by atoms with van der Waals surface area (Å²) in [6.45, 7) is 4.10. The van der Waals surface area contributed by atoms with Crippen LogP contribution in [0.1, 0.15) is 21.6 Å². The maximum atomic E-state index is 10.9. The van der Waals surface area contributed by atoms with Crippen molar-refractivity contribution >= 4 is 6.29 Å². The Kier molecular flexibility index (Phi) is 2.82. The molecule has 1 aromatic heterocycles. The van der Waals surface area contributed by atoms with Gasteiger partial charge in [0.25, 0.3) is 0 Å². The van der Waals surface area contributed by atoms with Crippen molar-refractivity contribution in [1.29, 1.82) is 0 Å². The number of carbonyl (C=O) groups excluding carboxylic acids is 1. The van der Waals surface area contributed by atoms with Gasteiger partial charge in [-0.3, -0.25) is 9.78 Å². The van der Waals surface area contributed by atoms with E-state index in [4.69, 9.17) is 0 Å². The standard InChI is InChI=1S/C14H13NO/c1-10-6-11(2)8-12(7-10)13-4-3-5-15-14(13)9-16/h3-9H,1-2H3. The molecule has 0 amide bonds. The van der Waals surface area contributed by atoms with Gasteiger partial charge in [0.1, 0.15) is 5.69 Å². The van der Waals surface area contributed by atoms with E-state index in [1.807, 2.05) is 26.0 Å². The molecule has 0 saturated carbocycles. The Morgan fingerprint density at radius 1 is 1.12 bits per heavy atom. The molecule has 80 valence electrons. The molecule has 2 rings (SSSR count). The summed E-state index contributed by atoms with van der Waals surface area (Å²) < 4.78 is 0. The zero-order valence-electron chi connectivity index (χ0n) is 9.40. The van der Waals surface area contributed by atoms with Crippen LogP contribution in [0.2, 0.25) is 0 Å². The van der Waals surface area contributed by atoms with Crippen LogP contribution in [-0.4, -0.2) is 11.3 Å². The van der Waals surface area contributed by atoms with Gasteiger partial charge < -0.3 is 0 Å². The lowest BCUT2D eigenvalue weighted by Crippen LogP contribution is -1.92. The molecule has 0 atom stereocenters. The minimum Gasteiger partial charge on any atom is -0.296 e. The van der Waals surface area contributed by atoms with Crippen LogP contribution in [0.4, 0.5) is 0 Å². The lowest BCUT2D eigenvalue weighted by atomic mass is 10.00. The third-order valence-corrected chi connectivity index (χ3v) is 2.48. The van der Waals surface area contributed by atoms with E-state index in [0.29, 0.717) is 5.69 Å². The molecule has 0 fully saturated rings. The summed E-state index contributed by atoms with van der Waals surface area (Å²) in [5, 5.41) is 0. The highest BCUT2D eigenvalue weighted by Gasteiger charge is 2.05. The molecule has 0 spiro atoms. The lowest BCUT2D eigenvalue weighted by molar-refractivity contribution is 0.111. The molecular weight excluding hydrogens is 198 g/mol. The molecule has 2 nitrogen and oxygen atoms in total. The third kappa shape index (κ3) is 2.01. The fourth-order valence-electron chi connectivity index (χ4n) is 1.89. The molecule has 0 aliphatic rings. The highest BCUT2D eigenvalue weighted by atomic mass is 16.1. The largest absolute Gasteiger partial charge is 0.296 e. The first kappa shape index (κ1) is 10.6. The molecular formula is C14H13NO. The molecule has 2 aromatic rings. The van der Waals surface area contributed by atoms with Crippen molar-refractivity contribution in [1.82, 2.24) is 4.98 Å². The Morgan fingerprint density at radius 2 is 1.81 bits per heavy atom. The van der Waals surface area contributed by atoms with Crippen molar-refractivity contribution in [3.8, 4) is 11.1 Å². The highest BCUT2D eigenvalue weighted by molar-refractivity contribution is 5.85. The van der Waals surface area contributed by atoms with Crippen molar-refractivity contribution in [3.63, 3.8) is 0 Å². The molecule has 0 N–H and O–H groups in total. The summed E-state index contributed by atoms with van der Waals surface area (Å²) in [4.78, 5) is 15.0. The first-order valence-corrected chi connectivity index (χ1v) is 5.19. The zero-order valence-corrected chi connectivity index (χ0v) is 9.40. The van der Waals surface area contributed by atoms with E-state index in [9.17, 15) is 4.79 Å². The lowest BCUT2D eigenvalue weighted by Gasteiger charge is -2.06. The third-order valence-electron chi connectivity index (χ3n) is 2.48. The van der Waals surface area contributed by atoms with Gasteiger partial charge in [0.15, 0.2) is 6.29 Å². The monoisotopic (exact) mass is 211 g/mol. The Bertz CT molecular complexity index is 512. The molecule has 0 aliphatic heterocycles. The topological polar surface area (TPSA) is 30.0 Å². The predicted molar refractivity (Wildman–Crippen MR) is 64.5 cm³/mol. The van der Waals surface area contributed by atoms with E-state index in [1.54, 1.807) is 6.20 Å². The van der Waals surface area contributed by atoms with E-state index in [-0.39, 0.29) is 0 Å². The predicted octanol–water partition coefficient (Wildman–Crippen LogP) is 3.18. The van der Waals surface area contributed by atoms with Gasteiger partial charge in [0, 0.05) is 11.8 Å². The van der Waals surface area contributed by atoms with Crippen LogP contribution in [0, 0.1) is 13.8 Å². The molecule has 2 heteroatoms. The van der Waals surface area contributed by atoms with Crippen molar-refractivity contribution in [2.45, 2.75) is 13.8 Å². The Hall–Kier alpha value is -1.96. The van der Waals surface area contributed by atoms with Crippen molar-refractivity contribution in [2.75, 3.05) is 0 Å². The number of hydrogen-bond donors (Lipinski definition) is 0. The van der Waals surface area contributed by atoms with Crippen molar-refractivity contribution < 1.29 is 4.79 Å². The second kappa shape index (κ2) is 4.27. The van der Waals surface area contributed by atoms with Crippen LogP contribution in [0.5, 0.6) is 0 Å². The summed E-state index contributed by atoms with van der Waals surface area (Å²) in [5.74, 6) is 0. The molecule has 0 unspecified atom stereocenters. The average Bonchev–Trinajstić information content (AvgIpc) is 2.27. The van der Waals surface area contributed by atoms with Gasteiger partial charge in [-0.15, -0.1) is 0 Å². The van der Waals surface area contributed by atoms with Crippen LogP contribution in [0.15, 0.2) is 36.5 Å². The number of aryl methyl sites for hydroxylation is 2. The number of nitrogens with zero attached hydrogens (tertiary/aromatic N) is 1. The van der Waals surface area contributed by atoms with Crippen molar-refractivity contribution in [3.05, 3.63) is 53.3 Å². The molecule has 1 heterocycles. The zero-order chi connectivity index (χ0) is 11.5. The van der Waals surface area contributed by atoms with Gasteiger partial charge in [-0.05, 0) is 25.5 Å². The van der Waals surface area contributed by atoms with E-state index in [2.05, 4.69) is 23.2 Å². The minimum atomic E-state index is 0.493. The normalized spacial score (nSPS) is 10.1. The summed E-state index contributed by atoms with van der Waals surface area (Å²) in [6, 6.07) is 10.0. The average molecular weight is 211 g/mol. The van der Waals surface area contributed by atoms with Crippen molar-refractivity contribution in [2.24, 2.45) is 0 Å². The molecule has 1 aromatic carbocycles. The number of benzene rings is 1. The first-order chi connectivity index (χ1) is 7.70. The fraction of sp³-hybridized carbons (Fsp3) is 0.143. The molecule has 0 aliphatic carbocycles. The van der Waals surface area contributed by atoms with Gasteiger partial charge in [-0.1, -0.05) is 35.4 Å². The van der Waals surface area contributed by atoms with Gasteiger partial charge in [-0.25, -0.2) is 0 Å². The second-order valence-electron chi connectivity index (χ2n) is 3.93. The Morgan fingerprint density at radius 3 is 2.44 bits per heavy atom. The minimum absolute atomic E-state index is 0.493. The number of rotatable bonds is 2. The van der Waals surface area contributed by atoms with E-state index in [1.165, 1.54) is 11.1 Å². The van der Waals surface area contributed by atoms with Gasteiger partial charge in [0.05, 0.1) is 0 Å². The summed E-state index contributed by atoms with van der Waals surface area (Å²) in [5.41, 5.74) is 4.82. The number of pyridine rings is 1.